The summed E-state index contributed by atoms with van der Waals surface area (Å²) >= 11 is 5.36. The monoisotopic (exact) mass is 236 g/mol. The zero-order valence-corrected chi connectivity index (χ0v) is 10.00. The highest BCUT2D eigenvalue weighted by Crippen LogP contribution is 2.22. The van der Waals surface area contributed by atoms with E-state index in [0.717, 1.165) is 33.5 Å². The van der Waals surface area contributed by atoms with E-state index in [1.807, 2.05) is 42.5 Å². The van der Waals surface area contributed by atoms with Crippen LogP contribution in [0.1, 0.15) is 12.1 Å². The summed E-state index contributed by atoms with van der Waals surface area (Å²) in [5, 5.41) is 1.04. The molecular weight excluding hydrogens is 226 g/mol. The van der Waals surface area contributed by atoms with Gasteiger partial charge in [-0.15, -0.1) is 0 Å². The van der Waals surface area contributed by atoms with Crippen LogP contribution in [0.5, 0.6) is 0 Å². The summed E-state index contributed by atoms with van der Waals surface area (Å²) in [7, 11) is 0. The van der Waals surface area contributed by atoms with Crippen molar-refractivity contribution in [3.63, 3.8) is 0 Å². The van der Waals surface area contributed by atoms with Crippen LogP contribution in [0.15, 0.2) is 48.6 Å². The number of benzene rings is 1. The first-order valence-corrected chi connectivity index (χ1v) is 5.93. The third-order valence-corrected chi connectivity index (χ3v) is 3.17. The molecule has 3 rings (SSSR count). The highest BCUT2D eigenvalue weighted by Gasteiger charge is 2.10. The zero-order chi connectivity index (χ0) is 11.7. The first-order valence-electron chi connectivity index (χ1n) is 5.52. The van der Waals surface area contributed by atoms with Crippen LogP contribution in [0.2, 0.25) is 0 Å². The average molecular weight is 236 g/mol. The molecule has 17 heavy (non-hydrogen) atoms. The lowest BCUT2D eigenvalue weighted by atomic mass is 10.0. The van der Waals surface area contributed by atoms with E-state index in [0.29, 0.717) is 0 Å². The standard InChI is InChI=1S/C15H10NS/c17-15-8-4-2-6-12(15)14-10-9-11-5-1-3-7-13(11)16-14/h1-7,10H,8H2. The molecule has 1 aromatic carbocycles. The van der Waals surface area contributed by atoms with Gasteiger partial charge in [0.25, 0.3) is 0 Å². The van der Waals surface area contributed by atoms with E-state index < -0.39 is 0 Å². The quantitative estimate of drug-likeness (QED) is 0.699. The number of hydrogen-bond donors (Lipinski definition) is 0. The van der Waals surface area contributed by atoms with E-state index in [-0.39, 0.29) is 0 Å². The molecular formula is C15H10NS. The second kappa shape index (κ2) is 4.22. The van der Waals surface area contributed by atoms with Crippen molar-refractivity contribution in [1.82, 2.24) is 4.98 Å². The molecule has 0 saturated carbocycles. The molecule has 2 aromatic rings. The smallest absolute Gasteiger partial charge is 0.0727 e. The van der Waals surface area contributed by atoms with Crippen molar-refractivity contribution < 1.29 is 0 Å². The van der Waals surface area contributed by atoms with Crippen LogP contribution in [0.4, 0.5) is 0 Å². The Balaban J connectivity index is 2.15. The summed E-state index contributed by atoms with van der Waals surface area (Å²) < 4.78 is 0. The Kier molecular flexibility index (Phi) is 2.57. The normalized spacial score (nSPS) is 15.1. The molecule has 0 aliphatic heterocycles. The molecule has 0 saturated heterocycles. The number of hydrogen-bond acceptors (Lipinski definition) is 2. The third-order valence-electron chi connectivity index (χ3n) is 2.79. The number of aromatic nitrogens is 1. The zero-order valence-electron chi connectivity index (χ0n) is 9.18. The maximum Gasteiger partial charge on any atom is 0.0727 e. The highest BCUT2D eigenvalue weighted by atomic mass is 32.1. The van der Waals surface area contributed by atoms with Crippen molar-refractivity contribution in [3.05, 3.63) is 60.3 Å². The topological polar surface area (TPSA) is 12.9 Å². The third kappa shape index (κ3) is 1.92. The SMILES string of the molecule is S=C1CC=CC=C1c1c[c]c2ccccc2n1. The van der Waals surface area contributed by atoms with Gasteiger partial charge in [-0.1, -0.05) is 48.6 Å². The maximum absolute atomic E-state index is 5.36. The van der Waals surface area contributed by atoms with Gasteiger partial charge in [-0.3, -0.25) is 0 Å². The number of allylic oxidation sites excluding steroid dienone is 4. The molecule has 0 atom stereocenters. The number of rotatable bonds is 1. The van der Waals surface area contributed by atoms with Crippen LogP contribution in [-0.4, -0.2) is 9.85 Å². The fraction of sp³-hybridized carbons (Fsp3) is 0.0667. The number of fused-ring (bicyclic) bond motifs is 1. The van der Waals surface area contributed by atoms with Crippen LogP contribution in [0, 0.1) is 6.07 Å². The van der Waals surface area contributed by atoms with E-state index in [9.17, 15) is 0 Å². The molecule has 0 spiro atoms. The van der Waals surface area contributed by atoms with E-state index >= 15 is 0 Å². The highest BCUT2D eigenvalue weighted by molar-refractivity contribution is 7.81. The fourth-order valence-electron chi connectivity index (χ4n) is 1.91. The number of thiocarbonyl (C=S) groups is 1. The summed E-state index contributed by atoms with van der Waals surface area (Å²) in [4.78, 5) is 5.58. The maximum atomic E-state index is 5.36. The van der Waals surface area contributed by atoms with Gasteiger partial charge in [-0.2, -0.15) is 0 Å². The molecule has 0 fully saturated rings. The first-order chi connectivity index (χ1) is 8.34. The Hall–Kier alpha value is -1.80. The predicted octanol–water partition coefficient (Wildman–Crippen LogP) is 3.75. The molecule has 0 bridgehead atoms. The summed E-state index contributed by atoms with van der Waals surface area (Å²) in [5.74, 6) is 0. The van der Waals surface area contributed by atoms with E-state index in [1.54, 1.807) is 0 Å². The lowest BCUT2D eigenvalue weighted by molar-refractivity contribution is 1.34. The van der Waals surface area contributed by atoms with Crippen LogP contribution in [0.3, 0.4) is 0 Å². The van der Waals surface area contributed by atoms with E-state index in [2.05, 4.69) is 17.1 Å². The van der Waals surface area contributed by atoms with Crippen molar-refractivity contribution in [2.24, 2.45) is 0 Å². The van der Waals surface area contributed by atoms with Gasteiger partial charge in [-0.25, -0.2) is 4.98 Å². The molecule has 1 radical (unpaired) electrons. The van der Waals surface area contributed by atoms with Crippen molar-refractivity contribution in [3.8, 4) is 0 Å². The second-order valence-electron chi connectivity index (χ2n) is 3.94. The van der Waals surface area contributed by atoms with Gasteiger partial charge < -0.3 is 0 Å². The molecule has 0 unspecified atom stereocenters. The molecule has 1 aromatic heterocycles. The van der Waals surface area contributed by atoms with Crippen molar-refractivity contribution in [1.29, 1.82) is 0 Å². The van der Waals surface area contributed by atoms with Gasteiger partial charge in [0.15, 0.2) is 0 Å². The van der Waals surface area contributed by atoms with Gasteiger partial charge in [0, 0.05) is 22.2 Å². The molecule has 0 N–H and O–H groups in total. The Morgan fingerprint density at radius 3 is 3.00 bits per heavy atom. The van der Waals surface area contributed by atoms with Crippen LogP contribution in [0.25, 0.3) is 16.5 Å². The van der Waals surface area contributed by atoms with Crippen LogP contribution in [-0.2, 0) is 0 Å². The van der Waals surface area contributed by atoms with Crippen molar-refractivity contribution >= 4 is 33.6 Å². The van der Waals surface area contributed by atoms with Gasteiger partial charge >= 0.3 is 0 Å². The van der Waals surface area contributed by atoms with Crippen LogP contribution < -0.4 is 0 Å². The molecule has 1 aliphatic rings. The molecule has 2 heteroatoms. The molecule has 1 heterocycles. The first kappa shape index (κ1) is 10.4. The second-order valence-corrected chi connectivity index (χ2v) is 4.43. The molecule has 1 aliphatic carbocycles. The molecule has 81 valence electrons. The van der Waals surface area contributed by atoms with Gasteiger partial charge in [-0.05, 0) is 18.2 Å². The summed E-state index contributed by atoms with van der Waals surface area (Å²) in [6.45, 7) is 0. The average Bonchev–Trinajstić information content (AvgIpc) is 2.39. The number of pyridine rings is 1. The van der Waals surface area contributed by atoms with Crippen molar-refractivity contribution in [2.75, 3.05) is 0 Å². The summed E-state index contributed by atoms with van der Waals surface area (Å²) in [5.41, 5.74) is 2.92. The number of para-hydroxylation sites is 1. The summed E-state index contributed by atoms with van der Waals surface area (Å²) in [6, 6.07) is 13.2. The largest absolute Gasteiger partial charge is 0.248 e. The molecule has 0 amide bonds. The lowest BCUT2D eigenvalue weighted by Crippen LogP contribution is -2.02. The van der Waals surface area contributed by atoms with Gasteiger partial charge in [0.1, 0.15) is 0 Å². The van der Waals surface area contributed by atoms with Crippen molar-refractivity contribution in [2.45, 2.75) is 6.42 Å². The fourth-order valence-corrected chi connectivity index (χ4v) is 2.18. The predicted molar refractivity (Wildman–Crippen MR) is 74.9 cm³/mol. The Morgan fingerprint density at radius 1 is 1.24 bits per heavy atom. The minimum Gasteiger partial charge on any atom is -0.248 e. The summed E-state index contributed by atoms with van der Waals surface area (Å²) in [6.07, 6.45) is 6.95. The number of nitrogens with zero attached hydrogens (tertiary/aromatic N) is 1. The van der Waals surface area contributed by atoms with Gasteiger partial charge in [0.05, 0.1) is 11.2 Å². The van der Waals surface area contributed by atoms with Crippen LogP contribution >= 0.6 is 12.2 Å². The van der Waals surface area contributed by atoms with E-state index in [4.69, 9.17) is 12.2 Å². The minimum atomic E-state index is 0.829. The minimum absolute atomic E-state index is 0.829. The molecule has 1 nitrogen and oxygen atoms in total. The van der Waals surface area contributed by atoms with Gasteiger partial charge in [0.2, 0.25) is 0 Å². The Labute approximate surface area is 105 Å². The lowest BCUT2D eigenvalue weighted by Gasteiger charge is -2.10. The Bertz CT molecular complexity index is 653. The van der Waals surface area contributed by atoms with E-state index in [1.165, 1.54) is 0 Å². The Morgan fingerprint density at radius 2 is 2.12 bits per heavy atom.